The van der Waals surface area contributed by atoms with E-state index >= 15 is 0 Å². The summed E-state index contributed by atoms with van der Waals surface area (Å²) in [4.78, 5) is 14.0. The van der Waals surface area contributed by atoms with Crippen molar-refractivity contribution in [1.82, 2.24) is 15.2 Å². The van der Waals surface area contributed by atoms with Gasteiger partial charge in [-0.25, -0.2) is 4.39 Å². The molecule has 1 unspecified atom stereocenters. The molecule has 0 aliphatic carbocycles. The van der Waals surface area contributed by atoms with Gasteiger partial charge in [-0.1, -0.05) is 45.7 Å². The number of amidine groups is 1. The summed E-state index contributed by atoms with van der Waals surface area (Å²) in [5.41, 5.74) is 6.88. The van der Waals surface area contributed by atoms with Crippen LogP contribution in [0.15, 0.2) is 41.4 Å². The Bertz CT molecular complexity index is 1290. The van der Waals surface area contributed by atoms with E-state index in [2.05, 4.69) is 47.8 Å². The highest BCUT2D eigenvalue weighted by Gasteiger charge is 2.40. The van der Waals surface area contributed by atoms with Crippen LogP contribution < -0.4 is 20.7 Å². The average molecular weight is 716 g/mol. The molecule has 280 valence electrons. The number of pyridine rings is 1. The molecular formula is C38H62FN7O3S. The van der Waals surface area contributed by atoms with E-state index in [1.165, 1.54) is 25.3 Å². The molecule has 3 N–H and O–H groups in total. The second-order valence-corrected chi connectivity index (χ2v) is 13.6. The van der Waals surface area contributed by atoms with Crippen molar-refractivity contribution < 1.29 is 18.6 Å². The zero-order chi connectivity index (χ0) is 36.7. The predicted octanol–water partition coefficient (Wildman–Crippen LogP) is 6.28. The Balaban J connectivity index is 0.000000456. The second kappa shape index (κ2) is 25.1. The Hall–Kier alpha value is -2.95. The van der Waals surface area contributed by atoms with Gasteiger partial charge in [0.2, 0.25) is 5.88 Å². The number of halogens is 1. The minimum atomic E-state index is -0.452. The molecule has 2 aromatic rings. The molecule has 10 nitrogen and oxygen atoms in total. The van der Waals surface area contributed by atoms with Crippen LogP contribution >= 0.6 is 11.8 Å². The van der Waals surface area contributed by atoms with Gasteiger partial charge >= 0.3 is 0 Å². The first kappa shape index (κ1) is 43.2. The molecule has 5 rings (SSSR count). The number of nitriles is 1. The molecule has 1 aromatic carbocycles. The lowest BCUT2D eigenvalue weighted by Crippen LogP contribution is -2.45. The van der Waals surface area contributed by atoms with Gasteiger partial charge in [0.15, 0.2) is 0 Å². The van der Waals surface area contributed by atoms with Gasteiger partial charge < -0.3 is 30.2 Å². The first-order chi connectivity index (χ1) is 24.2. The second-order valence-electron chi connectivity index (χ2n) is 12.8. The largest absolute Gasteiger partial charge is 0.473 e. The van der Waals surface area contributed by atoms with Crippen LogP contribution in [0.5, 0.6) is 5.88 Å². The fraction of sp³-hybridized carbons (Fsp3) is 0.658. The van der Waals surface area contributed by atoms with Gasteiger partial charge in [-0.15, -0.1) is 0 Å². The first-order valence-corrected chi connectivity index (χ1v) is 19.7. The maximum absolute atomic E-state index is 14.2. The number of nitrogens with zero attached hydrogens (tertiary/aromatic N) is 5. The maximum atomic E-state index is 14.2. The van der Waals surface area contributed by atoms with Crippen LogP contribution in [0.2, 0.25) is 0 Å². The van der Waals surface area contributed by atoms with Crippen molar-refractivity contribution in [2.45, 2.75) is 97.1 Å². The van der Waals surface area contributed by atoms with E-state index < -0.39 is 5.82 Å². The number of aliphatic imine (C=N–C) groups is 1. The molecule has 4 heterocycles. The third kappa shape index (κ3) is 15.5. The van der Waals surface area contributed by atoms with Crippen molar-refractivity contribution in [2.24, 2.45) is 10.7 Å². The van der Waals surface area contributed by atoms with Gasteiger partial charge in [-0.05, 0) is 70.4 Å². The lowest BCUT2D eigenvalue weighted by molar-refractivity contribution is -0.0432. The Labute approximate surface area is 305 Å². The Morgan fingerprint density at radius 1 is 1.22 bits per heavy atom. The average Bonchev–Trinajstić information content (AvgIpc) is 3.43. The fourth-order valence-corrected chi connectivity index (χ4v) is 5.70. The summed E-state index contributed by atoms with van der Waals surface area (Å²) in [7, 11) is 1.94. The molecule has 12 heteroatoms. The zero-order valence-corrected chi connectivity index (χ0v) is 32.3. The number of likely N-dealkylation sites (tertiary alicyclic amines) is 1. The van der Waals surface area contributed by atoms with Crippen molar-refractivity contribution in [3.8, 4) is 11.9 Å². The van der Waals surface area contributed by atoms with Crippen molar-refractivity contribution >= 4 is 23.4 Å². The highest BCUT2D eigenvalue weighted by atomic mass is 32.2. The van der Waals surface area contributed by atoms with Crippen molar-refractivity contribution in [3.63, 3.8) is 0 Å². The molecule has 0 saturated carbocycles. The Morgan fingerprint density at radius 3 is 2.58 bits per heavy atom. The van der Waals surface area contributed by atoms with Crippen LogP contribution in [0.3, 0.4) is 0 Å². The molecule has 2 bridgehead atoms. The molecule has 4 atom stereocenters. The summed E-state index contributed by atoms with van der Waals surface area (Å²) in [5, 5.41) is 11.9. The highest BCUT2D eigenvalue weighted by Crippen LogP contribution is 2.33. The van der Waals surface area contributed by atoms with Crippen LogP contribution in [-0.2, 0) is 16.1 Å². The summed E-state index contributed by atoms with van der Waals surface area (Å²) in [6.07, 6.45) is 11.6. The third-order valence-corrected chi connectivity index (χ3v) is 8.33. The van der Waals surface area contributed by atoms with Crippen molar-refractivity contribution in [1.29, 1.82) is 5.26 Å². The SMILES string of the molecule is CCC.CCCC(C)OCCNC.CSC.N#Cc1ccc(COc2cccc(N3C[C@@H]4C[C@H]3CCN4CC(N)=NC[C@@H]3CCO3)n2)c(F)c1. The van der Waals surface area contributed by atoms with Gasteiger partial charge in [-0.3, -0.25) is 9.89 Å². The van der Waals surface area contributed by atoms with Crippen LogP contribution in [-0.4, -0.2) is 106 Å². The van der Waals surface area contributed by atoms with Crippen molar-refractivity contribution in [3.05, 3.63) is 53.3 Å². The van der Waals surface area contributed by atoms with E-state index in [-0.39, 0.29) is 18.3 Å². The number of piperidine rings is 1. The Kier molecular flexibility index (Phi) is 21.7. The molecule has 0 radical (unpaired) electrons. The number of hydrogen-bond acceptors (Lipinski definition) is 10. The Morgan fingerprint density at radius 2 is 1.96 bits per heavy atom. The van der Waals surface area contributed by atoms with Crippen LogP contribution in [0.4, 0.5) is 10.2 Å². The summed E-state index contributed by atoms with van der Waals surface area (Å²) >= 11 is 1.75. The molecular weight excluding hydrogens is 654 g/mol. The molecule has 3 aliphatic rings. The summed E-state index contributed by atoms with van der Waals surface area (Å²) in [5.74, 6) is 1.55. The van der Waals surface area contributed by atoms with Gasteiger partial charge in [-0.2, -0.15) is 22.0 Å². The fourth-order valence-electron chi connectivity index (χ4n) is 5.70. The molecule has 3 fully saturated rings. The summed E-state index contributed by atoms with van der Waals surface area (Å²) in [6.45, 7) is 14.4. The molecule has 0 amide bonds. The van der Waals surface area contributed by atoms with Gasteiger partial charge in [0, 0.05) is 50.0 Å². The number of hydrogen-bond donors (Lipinski definition) is 2. The highest BCUT2D eigenvalue weighted by molar-refractivity contribution is 7.97. The number of nitrogens with two attached hydrogens (primary N) is 1. The number of ether oxygens (including phenoxy) is 3. The number of rotatable bonds is 14. The number of fused-ring (bicyclic) bond motifs is 2. The monoisotopic (exact) mass is 715 g/mol. The van der Waals surface area contributed by atoms with Crippen LogP contribution in [0, 0.1) is 17.1 Å². The number of likely N-dealkylation sites (N-methyl/N-ethyl adjacent to an activating group) is 1. The number of anilines is 1. The molecule has 1 aromatic heterocycles. The van der Waals surface area contributed by atoms with E-state index in [9.17, 15) is 4.39 Å². The summed E-state index contributed by atoms with van der Waals surface area (Å²) < 4.78 is 30.8. The molecule has 3 aliphatic heterocycles. The molecule has 3 saturated heterocycles. The minimum Gasteiger partial charge on any atom is -0.473 e. The topological polar surface area (TPSA) is 121 Å². The normalized spacial score (nSPS) is 20.1. The first-order valence-electron chi connectivity index (χ1n) is 18.1. The predicted molar refractivity (Wildman–Crippen MR) is 206 cm³/mol. The maximum Gasteiger partial charge on any atom is 0.215 e. The number of aromatic nitrogens is 1. The molecule has 0 spiro atoms. The van der Waals surface area contributed by atoms with Crippen LogP contribution in [0.25, 0.3) is 0 Å². The van der Waals surface area contributed by atoms with Crippen molar-refractivity contribution in [2.75, 3.05) is 70.4 Å². The standard InChI is InChI=1S/C25H29FN6O2.C8H19NO.C3H8.C2H6S/c26-22-10-17(12-27)4-5-18(22)16-34-25-3-1-2-24(30-25)32-14-20-11-19(32)6-8-31(20)15-23(28)29-13-21-7-9-33-21;1-4-5-8(2)10-7-6-9-3;2*1-3-2/h1-5,10,19-21H,6-9,11,13-16H2,(H2,28,29);8-9H,4-7H2,1-3H3;3H2,1-2H3;1-2H3/t19-,20+,21+;;;/m1.../s1. The lowest BCUT2D eigenvalue weighted by atomic mass is 10.0. The number of benzene rings is 1. The van der Waals surface area contributed by atoms with E-state index in [0.29, 0.717) is 48.6 Å². The lowest BCUT2D eigenvalue weighted by Gasteiger charge is -2.32. The number of nitrogens with one attached hydrogen (secondary N) is 1. The van der Waals surface area contributed by atoms with E-state index in [1.54, 1.807) is 30.0 Å². The van der Waals surface area contributed by atoms with Gasteiger partial charge in [0.1, 0.15) is 24.1 Å². The van der Waals surface area contributed by atoms with E-state index in [1.807, 2.05) is 37.8 Å². The third-order valence-electron chi connectivity index (χ3n) is 8.33. The summed E-state index contributed by atoms with van der Waals surface area (Å²) in [6, 6.07) is 12.8. The van der Waals surface area contributed by atoms with E-state index in [0.717, 1.165) is 57.9 Å². The molecule has 50 heavy (non-hydrogen) atoms. The smallest absolute Gasteiger partial charge is 0.215 e. The van der Waals surface area contributed by atoms with E-state index in [4.69, 9.17) is 30.2 Å². The van der Waals surface area contributed by atoms with Crippen LogP contribution in [0.1, 0.15) is 77.3 Å². The van der Waals surface area contributed by atoms with Gasteiger partial charge in [0.25, 0.3) is 0 Å². The number of thioether (sulfide) groups is 1. The zero-order valence-electron chi connectivity index (χ0n) is 31.5. The van der Waals surface area contributed by atoms with Gasteiger partial charge in [0.05, 0.1) is 43.5 Å². The quantitative estimate of drug-likeness (QED) is 0.131. The minimum absolute atomic E-state index is 0.0539.